The molecule has 0 amide bonds. The van der Waals surface area contributed by atoms with Crippen LogP contribution in [0.4, 0.5) is 0 Å². The van der Waals surface area contributed by atoms with Gasteiger partial charge in [-0.25, -0.2) is 8.42 Å². The highest BCUT2D eigenvalue weighted by molar-refractivity contribution is 7.89. The van der Waals surface area contributed by atoms with Crippen molar-refractivity contribution in [1.29, 1.82) is 0 Å². The summed E-state index contributed by atoms with van der Waals surface area (Å²) in [5, 5.41) is 0.505. The van der Waals surface area contributed by atoms with Gasteiger partial charge in [0.2, 0.25) is 10.0 Å². The molecule has 3 rings (SSSR count). The molecule has 0 radical (unpaired) electrons. The average Bonchev–Trinajstić information content (AvgIpc) is 2.58. The second kappa shape index (κ2) is 7.32. The van der Waals surface area contributed by atoms with Crippen molar-refractivity contribution in [3.05, 3.63) is 28.8 Å². The van der Waals surface area contributed by atoms with E-state index < -0.39 is 10.0 Å². The van der Waals surface area contributed by atoms with E-state index in [2.05, 4.69) is 11.8 Å². The van der Waals surface area contributed by atoms with Crippen LogP contribution in [0.1, 0.15) is 38.2 Å². The van der Waals surface area contributed by atoms with Gasteiger partial charge in [-0.05, 0) is 43.4 Å². The molecule has 0 bridgehead atoms. The molecule has 0 aromatic heterocycles. The highest BCUT2D eigenvalue weighted by Crippen LogP contribution is 2.30. The van der Waals surface area contributed by atoms with Crippen molar-refractivity contribution in [3.63, 3.8) is 0 Å². The summed E-state index contributed by atoms with van der Waals surface area (Å²) in [7, 11) is -3.45. The molecular weight excluding hydrogens is 344 g/mol. The first-order chi connectivity index (χ1) is 11.4. The summed E-state index contributed by atoms with van der Waals surface area (Å²) in [4.78, 5) is 2.80. The third-order valence-electron chi connectivity index (χ3n) is 5.59. The van der Waals surface area contributed by atoms with Crippen LogP contribution in [0.25, 0.3) is 0 Å². The molecule has 1 aromatic rings. The van der Waals surface area contributed by atoms with Gasteiger partial charge in [0.1, 0.15) is 0 Å². The summed E-state index contributed by atoms with van der Waals surface area (Å²) < 4.78 is 27.3. The van der Waals surface area contributed by atoms with Crippen molar-refractivity contribution in [2.45, 2.75) is 50.5 Å². The number of hydrogen-bond acceptors (Lipinski definition) is 3. The molecule has 1 saturated carbocycles. The Hall–Kier alpha value is -0.620. The number of aryl methyl sites for hydroxylation is 1. The Kier molecular flexibility index (Phi) is 5.55. The topological polar surface area (TPSA) is 40.6 Å². The van der Waals surface area contributed by atoms with Crippen LogP contribution in [0.5, 0.6) is 0 Å². The van der Waals surface area contributed by atoms with Crippen molar-refractivity contribution in [1.82, 2.24) is 9.21 Å². The third-order valence-corrected chi connectivity index (χ3v) is 7.89. The van der Waals surface area contributed by atoms with Crippen LogP contribution in [0, 0.1) is 12.8 Å². The first-order valence-corrected chi connectivity index (χ1v) is 10.7. The molecule has 0 unspecified atom stereocenters. The zero-order valence-electron chi connectivity index (χ0n) is 14.5. The quantitative estimate of drug-likeness (QED) is 0.817. The van der Waals surface area contributed by atoms with Gasteiger partial charge in [0, 0.05) is 37.2 Å². The minimum atomic E-state index is -3.45. The first-order valence-electron chi connectivity index (χ1n) is 8.90. The Bertz CT molecular complexity index is 684. The Balaban J connectivity index is 1.68. The van der Waals surface area contributed by atoms with Gasteiger partial charge >= 0.3 is 0 Å². The Morgan fingerprint density at radius 1 is 1.08 bits per heavy atom. The maximum atomic E-state index is 12.8. The van der Waals surface area contributed by atoms with Crippen molar-refractivity contribution < 1.29 is 8.42 Å². The van der Waals surface area contributed by atoms with E-state index in [4.69, 9.17) is 11.6 Å². The van der Waals surface area contributed by atoms with Gasteiger partial charge in [-0.15, -0.1) is 0 Å². The Labute approximate surface area is 150 Å². The minimum Gasteiger partial charge on any atom is -0.298 e. The van der Waals surface area contributed by atoms with Crippen molar-refractivity contribution in [2.24, 2.45) is 5.92 Å². The highest BCUT2D eigenvalue weighted by Gasteiger charge is 2.33. The number of nitrogens with zero attached hydrogens (tertiary/aromatic N) is 2. The fourth-order valence-corrected chi connectivity index (χ4v) is 5.69. The van der Waals surface area contributed by atoms with Crippen LogP contribution in [0.3, 0.4) is 0 Å². The van der Waals surface area contributed by atoms with Gasteiger partial charge in [0.15, 0.2) is 0 Å². The number of halogens is 1. The van der Waals surface area contributed by atoms with Crippen LogP contribution in [-0.4, -0.2) is 49.8 Å². The third kappa shape index (κ3) is 3.64. The molecule has 1 saturated heterocycles. The maximum absolute atomic E-state index is 12.8. The van der Waals surface area contributed by atoms with E-state index in [1.165, 1.54) is 25.7 Å². The van der Waals surface area contributed by atoms with Gasteiger partial charge in [-0.1, -0.05) is 37.4 Å². The highest BCUT2D eigenvalue weighted by atomic mass is 35.5. The summed E-state index contributed by atoms with van der Waals surface area (Å²) in [6, 6.07) is 5.63. The smallest absolute Gasteiger partial charge is 0.243 e. The van der Waals surface area contributed by atoms with Crippen molar-refractivity contribution >= 4 is 21.6 Å². The van der Waals surface area contributed by atoms with Gasteiger partial charge in [0.05, 0.1) is 4.90 Å². The van der Waals surface area contributed by atoms with Gasteiger partial charge in [0.25, 0.3) is 0 Å². The normalized spacial score (nSPS) is 27.3. The molecule has 1 aliphatic carbocycles. The fraction of sp³-hybridized carbons (Fsp3) is 0.667. The number of hydrogen-bond donors (Lipinski definition) is 0. The van der Waals surface area contributed by atoms with E-state index >= 15 is 0 Å². The van der Waals surface area contributed by atoms with E-state index in [-0.39, 0.29) is 0 Å². The lowest BCUT2D eigenvalue weighted by molar-refractivity contribution is 0.0786. The predicted molar refractivity (Wildman–Crippen MR) is 97.9 cm³/mol. The lowest BCUT2D eigenvalue weighted by Gasteiger charge is -2.43. The summed E-state index contributed by atoms with van der Waals surface area (Å²) in [5.41, 5.74) is 0.895. The van der Waals surface area contributed by atoms with Crippen LogP contribution in [0.2, 0.25) is 5.02 Å². The molecule has 0 N–H and O–H groups in total. The zero-order valence-corrected chi connectivity index (χ0v) is 16.1. The van der Waals surface area contributed by atoms with Gasteiger partial charge in [-0.3, -0.25) is 4.90 Å². The summed E-state index contributed by atoms with van der Waals surface area (Å²) in [6.07, 6.45) is 5.18. The zero-order chi connectivity index (χ0) is 17.3. The molecule has 134 valence electrons. The Morgan fingerprint density at radius 2 is 1.75 bits per heavy atom. The number of piperazine rings is 1. The number of sulfonamides is 1. The monoisotopic (exact) mass is 370 g/mol. The molecule has 0 spiro atoms. The lowest BCUT2D eigenvalue weighted by Crippen LogP contribution is -2.53. The molecule has 24 heavy (non-hydrogen) atoms. The minimum absolute atomic E-state index is 0.303. The van der Waals surface area contributed by atoms with E-state index in [1.807, 2.05) is 6.92 Å². The molecular formula is C18H27ClN2O2S. The summed E-state index contributed by atoms with van der Waals surface area (Å²) >= 11 is 6.11. The predicted octanol–water partition coefficient (Wildman–Crippen LogP) is 3.53. The molecule has 4 nitrogen and oxygen atoms in total. The van der Waals surface area contributed by atoms with E-state index in [0.29, 0.717) is 29.0 Å². The van der Waals surface area contributed by atoms with E-state index in [9.17, 15) is 8.42 Å². The second-order valence-corrected chi connectivity index (χ2v) is 9.53. The molecule has 1 aliphatic heterocycles. The van der Waals surface area contributed by atoms with E-state index in [1.54, 1.807) is 22.5 Å². The van der Waals surface area contributed by atoms with Crippen LogP contribution in [0.15, 0.2) is 23.1 Å². The van der Waals surface area contributed by atoms with Crippen molar-refractivity contribution in [3.8, 4) is 0 Å². The average molecular weight is 371 g/mol. The van der Waals surface area contributed by atoms with Crippen LogP contribution < -0.4 is 0 Å². The van der Waals surface area contributed by atoms with E-state index in [0.717, 1.165) is 24.6 Å². The maximum Gasteiger partial charge on any atom is 0.243 e. The van der Waals surface area contributed by atoms with Crippen LogP contribution >= 0.6 is 11.6 Å². The molecule has 1 heterocycles. The fourth-order valence-electron chi connectivity index (χ4n) is 4.00. The number of benzene rings is 1. The second-order valence-electron chi connectivity index (χ2n) is 7.18. The summed E-state index contributed by atoms with van der Waals surface area (Å²) in [6.45, 7) is 7.00. The van der Waals surface area contributed by atoms with Crippen molar-refractivity contribution in [2.75, 3.05) is 26.2 Å². The largest absolute Gasteiger partial charge is 0.298 e. The van der Waals surface area contributed by atoms with Gasteiger partial charge in [-0.2, -0.15) is 4.31 Å². The molecule has 6 heteroatoms. The van der Waals surface area contributed by atoms with Gasteiger partial charge < -0.3 is 0 Å². The Morgan fingerprint density at radius 3 is 2.38 bits per heavy atom. The standard InChI is InChI=1S/C18H27ClN2O2S/c1-14-7-8-16(13-17(14)19)24(22,23)21-11-9-20(10-12-21)18-6-4-3-5-15(18)2/h7-8,13,15,18H,3-6,9-12H2,1-2H3/t15-,18+/m0/s1. The summed E-state index contributed by atoms with van der Waals surface area (Å²) in [5.74, 6) is 0.720. The lowest BCUT2D eigenvalue weighted by atomic mass is 9.84. The molecule has 2 aliphatic rings. The number of rotatable bonds is 3. The first kappa shape index (κ1) is 18.2. The molecule has 1 aromatic carbocycles. The molecule has 2 fully saturated rings. The SMILES string of the molecule is Cc1ccc(S(=O)(=O)N2CCN([C@@H]3CCCC[C@@H]3C)CC2)cc1Cl. The molecule has 2 atom stereocenters. The van der Waals surface area contributed by atoms with Crippen LogP contribution in [-0.2, 0) is 10.0 Å².